The van der Waals surface area contributed by atoms with Crippen LogP contribution in [0.2, 0.25) is 0 Å². The van der Waals surface area contributed by atoms with E-state index in [2.05, 4.69) is 50.0 Å². The molecular weight excluding hydrogens is 232 g/mol. The third-order valence-corrected chi connectivity index (χ3v) is 4.39. The summed E-state index contributed by atoms with van der Waals surface area (Å²) < 4.78 is 0. The number of benzene rings is 1. The lowest BCUT2D eigenvalue weighted by Gasteiger charge is -2.16. The molecule has 0 bridgehead atoms. The SMILES string of the molecule is CCN1CCC(CNCc2c(C)cc(C)cc2C)C1. The minimum absolute atomic E-state index is 0.839. The lowest BCUT2D eigenvalue weighted by Crippen LogP contribution is -2.26. The average molecular weight is 260 g/mol. The normalized spacial score (nSPS) is 20.1. The Morgan fingerprint density at radius 2 is 1.89 bits per heavy atom. The molecule has 0 saturated carbocycles. The molecule has 1 fully saturated rings. The molecule has 19 heavy (non-hydrogen) atoms. The van der Waals surface area contributed by atoms with Crippen LogP contribution in [0.3, 0.4) is 0 Å². The van der Waals surface area contributed by atoms with Gasteiger partial charge in [-0.3, -0.25) is 0 Å². The van der Waals surface area contributed by atoms with E-state index >= 15 is 0 Å². The van der Waals surface area contributed by atoms with Crippen LogP contribution in [-0.2, 0) is 6.54 Å². The highest BCUT2D eigenvalue weighted by Crippen LogP contribution is 2.17. The van der Waals surface area contributed by atoms with Gasteiger partial charge in [-0.15, -0.1) is 0 Å². The topological polar surface area (TPSA) is 15.3 Å². The third kappa shape index (κ3) is 3.80. The Bertz CT molecular complexity index is 402. The summed E-state index contributed by atoms with van der Waals surface area (Å²) in [5.74, 6) is 0.839. The minimum atomic E-state index is 0.839. The molecule has 1 unspecified atom stereocenters. The van der Waals surface area contributed by atoms with Crippen LogP contribution in [-0.4, -0.2) is 31.1 Å². The first-order valence-electron chi connectivity index (χ1n) is 7.60. The fraction of sp³-hybridized carbons (Fsp3) is 0.647. The summed E-state index contributed by atoms with van der Waals surface area (Å²) >= 11 is 0. The van der Waals surface area contributed by atoms with Gasteiger partial charge < -0.3 is 10.2 Å². The molecule has 1 aliphatic heterocycles. The molecule has 1 aliphatic rings. The molecule has 0 aromatic heterocycles. The number of likely N-dealkylation sites (tertiary alicyclic amines) is 1. The van der Waals surface area contributed by atoms with Crippen molar-refractivity contribution in [1.82, 2.24) is 10.2 Å². The van der Waals surface area contributed by atoms with Crippen molar-refractivity contribution in [3.05, 3.63) is 34.4 Å². The summed E-state index contributed by atoms with van der Waals surface area (Å²) in [6.07, 6.45) is 1.35. The monoisotopic (exact) mass is 260 g/mol. The third-order valence-electron chi connectivity index (χ3n) is 4.39. The molecule has 1 N–H and O–H groups in total. The summed E-state index contributed by atoms with van der Waals surface area (Å²) in [6.45, 7) is 14.8. The predicted molar refractivity (Wildman–Crippen MR) is 82.6 cm³/mol. The molecule has 2 nitrogen and oxygen atoms in total. The first-order chi connectivity index (χ1) is 9.10. The Morgan fingerprint density at radius 3 is 2.47 bits per heavy atom. The van der Waals surface area contributed by atoms with E-state index in [1.807, 2.05) is 0 Å². The molecule has 0 radical (unpaired) electrons. The summed E-state index contributed by atoms with van der Waals surface area (Å²) in [4.78, 5) is 2.55. The van der Waals surface area contributed by atoms with Crippen molar-refractivity contribution in [2.45, 2.75) is 40.7 Å². The van der Waals surface area contributed by atoms with Crippen LogP contribution in [0.5, 0.6) is 0 Å². The zero-order chi connectivity index (χ0) is 13.8. The Kier molecular flexibility index (Phi) is 5.00. The maximum Gasteiger partial charge on any atom is 0.0210 e. The van der Waals surface area contributed by atoms with E-state index < -0.39 is 0 Å². The second-order valence-electron chi connectivity index (χ2n) is 6.06. The van der Waals surface area contributed by atoms with E-state index in [-0.39, 0.29) is 0 Å². The highest BCUT2D eigenvalue weighted by Gasteiger charge is 2.20. The summed E-state index contributed by atoms with van der Waals surface area (Å²) in [5, 5.41) is 3.66. The lowest BCUT2D eigenvalue weighted by molar-refractivity contribution is 0.339. The summed E-state index contributed by atoms with van der Waals surface area (Å²) in [6, 6.07) is 4.58. The van der Waals surface area contributed by atoms with Crippen molar-refractivity contribution in [3.8, 4) is 0 Å². The first kappa shape index (κ1) is 14.5. The molecule has 2 heteroatoms. The number of hydrogen-bond acceptors (Lipinski definition) is 2. The van der Waals surface area contributed by atoms with Gasteiger partial charge in [0.25, 0.3) is 0 Å². The van der Waals surface area contributed by atoms with Crippen molar-refractivity contribution in [2.75, 3.05) is 26.2 Å². The van der Waals surface area contributed by atoms with Gasteiger partial charge in [0.05, 0.1) is 0 Å². The maximum absolute atomic E-state index is 3.66. The molecule has 1 saturated heterocycles. The van der Waals surface area contributed by atoms with Crippen LogP contribution in [0.25, 0.3) is 0 Å². The Balaban J connectivity index is 1.83. The quantitative estimate of drug-likeness (QED) is 0.875. The van der Waals surface area contributed by atoms with E-state index in [4.69, 9.17) is 0 Å². The smallest absolute Gasteiger partial charge is 0.0210 e. The average Bonchev–Trinajstić information content (AvgIpc) is 2.80. The van der Waals surface area contributed by atoms with Crippen molar-refractivity contribution < 1.29 is 0 Å². The van der Waals surface area contributed by atoms with E-state index in [0.29, 0.717) is 0 Å². The Hall–Kier alpha value is -0.860. The van der Waals surface area contributed by atoms with Crippen molar-refractivity contribution >= 4 is 0 Å². The number of nitrogens with one attached hydrogen (secondary N) is 1. The van der Waals surface area contributed by atoms with Crippen LogP contribution in [0.4, 0.5) is 0 Å². The highest BCUT2D eigenvalue weighted by atomic mass is 15.1. The highest BCUT2D eigenvalue weighted by molar-refractivity contribution is 5.37. The standard InChI is InChI=1S/C17H28N2/c1-5-19-7-6-16(12-19)10-18-11-17-14(3)8-13(2)9-15(17)4/h8-9,16,18H,5-7,10-12H2,1-4H3. The van der Waals surface area contributed by atoms with Gasteiger partial charge in [0.2, 0.25) is 0 Å². The van der Waals surface area contributed by atoms with Crippen LogP contribution in [0.15, 0.2) is 12.1 Å². The van der Waals surface area contributed by atoms with Gasteiger partial charge in [0.1, 0.15) is 0 Å². The largest absolute Gasteiger partial charge is 0.312 e. The van der Waals surface area contributed by atoms with Crippen molar-refractivity contribution in [1.29, 1.82) is 0 Å². The molecule has 0 amide bonds. The van der Waals surface area contributed by atoms with Gasteiger partial charge in [0, 0.05) is 13.1 Å². The van der Waals surface area contributed by atoms with Gasteiger partial charge in [-0.2, -0.15) is 0 Å². The number of nitrogens with zero attached hydrogens (tertiary/aromatic N) is 1. The molecule has 1 aromatic carbocycles. The molecule has 1 atom stereocenters. The minimum Gasteiger partial charge on any atom is -0.312 e. The Labute approximate surface area is 118 Å². The van der Waals surface area contributed by atoms with Crippen molar-refractivity contribution in [2.24, 2.45) is 5.92 Å². The zero-order valence-corrected chi connectivity index (χ0v) is 12.9. The first-order valence-corrected chi connectivity index (χ1v) is 7.60. The zero-order valence-electron chi connectivity index (χ0n) is 12.9. The molecule has 106 valence electrons. The van der Waals surface area contributed by atoms with Gasteiger partial charge in [-0.05, 0) is 69.4 Å². The van der Waals surface area contributed by atoms with E-state index in [1.165, 1.54) is 48.3 Å². The second-order valence-corrected chi connectivity index (χ2v) is 6.06. The molecular formula is C17H28N2. The van der Waals surface area contributed by atoms with E-state index in [9.17, 15) is 0 Å². The number of aryl methyl sites for hydroxylation is 3. The second kappa shape index (κ2) is 6.53. The number of hydrogen-bond donors (Lipinski definition) is 1. The molecule has 0 aliphatic carbocycles. The van der Waals surface area contributed by atoms with E-state index in [1.54, 1.807) is 0 Å². The van der Waals surface area contributed by atoms with Gasteiger partial charge in [0.15, 0.2) is 0 Å². The van der Waals surface area contributed by atoms with Crippen LogP contribution in [0, 0.1) is 26.7 Å². The fourth-order valence-electron chi connectivity index (χ4n) is 3.26. The summed E-state index contributed by atoms with van der Waals surface area (Å²) in [5.41, 5.74) is 5.70. The predicted octanol–water partition coefficient (Wildman–Crippen LogP) is 3.04. The van der Waals surface area contributed by atoms with Crippen LogP contribution < -0.4 is 5.32 Å². The number of rotatable bonds is 5. The molecule has 2 rings (SSSR count). The van der Waals surface area contributed by atoms with Gasteiger partial charge in [-0.25, -0.2) is 0 Å². The van der Waals surface area contributed by atoms with Gasteiger partial charge >= 0.3 is 0 Å². The maximum atomic E-state index is 3.66. The van der Waals surface area contributed by atoms with Crippen molar-refractivity contribution in [3.63, 3.8) is 0 Å². The lowest BCUT2D eigenvalue weighted by atomic mass is 9.99. The van der Waals surface area contributed by atoms with E-state index in [0.717, 1.165) is 19.0 Å². The van der Waals surface area contributed by atoms with Gasteiger partial charge in [-0.1, -0.05) is 24.6 Å². The molecule has 0 spiro atoms. The van der Waals surface area contributed by atoms with Crippen LogP contribution in [0.1, 0.15) is 35.6 Å². The molecule has 1 heterocycles. The Morgan fingerprint density at radius 1 is 1.21 bits per heavy atom. The molecule has 1 aromatic rings. The summed E-state index contributed by atoms with van der Waals surface area (Å²) in [7, 11) is 0. The van der Waals surface area contributed by atoms with Crippen LogP contribution >= 0.6 is 0 Å². The fourth-order valence-corrected chi connectivity index (χ4v) is 3.26.